The first-order valence-electron chi connectivity index (χ1n) is 6.60. The number of benzene rings is 2. The molecule has 0 aliphatic rings. The minimum absolute atomic E-state index is 0.151. The Hall–Kier alpha value is -1.77. The molecule has 4 heteroatoms. The Balaban J connectivity index is 1.84. The van der Waals surface area contributed by atoms with Crippen LogP contribution in [0.2, 0.25) is 10.0 Å². The van der Waals surface area contributed by atoms with Gasteiger partial charge in [-0.1, -0.05) is 65.7 Å². The average Bonchev–Trinajstić information content (AvgIpc) is 2.50. The van der Waals surface area contributed by atoms with Gasteiger partial charge in [-0.3, -0.25) is 4.79 Å². The smallest absolute Gasteiger partial charge is 0.244 e. The summed E-state index contributed by atoms with van der Waals surface area (Å²) in [7, 11) is 0. The molecule has 0 aromatic heterocycles. The zero-order chi connectivity index (χ0) is 15.1. The first kappa shape index (κ1) is 15.6. The highest BCUT2D eigenvalue weighted by Crippen LogP contribution is 2.26. The van der Waals surface area contributed by atoms with Crippen molar-refractivity contribution in [3.8, 4) is 0 Å². The maximum absolute atomic E-state index is 11.7. The minimum atomic E-state index is -0.151. The summed E-state index contributed by atoms with van der Waals surface area (Å²) in [5, 5.41) is 3.76. The summed E-state index contributed by atoms with van der Waals surface area (Å²) in [6.45, 7) is 0.594. The molecule has 0 fully saturated rings. The summed E-state index contributed by atoms with van der Waals surface area (Å²) in [6, 6.07) is 15.3. The Morgan fingerprint density at radius 2 is 1.81 bits per heavy atom. The van der Waals surface area contributed by atoms with Gasteiger partial charge in [0.2, 0.25) is 5.91 Å². The molecule has 1 N–H and O–H groups in total. The quantitative estimate of drug-likeness (QED) is 0.815. The lowest BCUT2D eigenvalue weighted by atomic mass is 10.1. The van der Waals surface area contributed by atoms with Crippen LogP contribution in [0.15, 0.2) is 54.6 Å². The van der Waals surface area contributed by atoms with Crippen LogP contribution < -0.4 is 5.32 Å². The number of carbonyl (C=O) groups is 1. The van der Waals surface area contributed by atoms with Gasteiger partial charge in [0, 0.05) is 12.6 Å². The van der Waals surface area contributed by atoms with Crippen LogP contribution in [0.5, 0.6) is 0 Å². The SMILES string of the molecule is O=C(/C=C/c1cccc(Cl)c1Cl)NCCc1ccccc1. The second-order valence-corrected chi connectivity index (χ2v) is 5.29. The third kappa shape index (κ3) is 4.92. The van der Waals surface area contributed by atoms with Crippen LogP contribution >= 0.6 is 23.2 Å². The Bertz CT molecular complexity index is 638. The van der Waals surface area contributed by atoms with E-state index in [1.54, 1.807) is 18.2 Å². The van der Waals surface area contributed by atoms with Crippen molar-refractivity contribution in [2.75, 3.05) is 6.54 Å². The lowest BCUT2D eigenvalue weighted by Crippen LogP contribution is -2.23. The maximum Gasteiger partial charge on any atom is 0.244 e. The van der Waals surface area contributed by atoms with Gasteiger partial charge in [-0.2, -0.15) is 0 Å². The molecule has 0 heterocycles. The third-order valence-electron chi connectivity index (χ3n) is 2.95. The van der Waals surface area contributed by atoms with Crippen molar-refractivity contribution in [3.63, 3.8) is 0 Å². The molecule has 21 heavy (non-hydrogen) atoms. The van der Waals surface area contributed by atoms with Crippen LogP contribution in [0.25, 0.3) is 6.08 Å². The van der Waals surface area contributed by atoms with Gasteiger partial charge in [0.1, 0.15) is 0 Å². The highest BCUT2D eigenvalue weighted by molar-refractivity contribution is 6.42. The van der Waals surface area contributed by atoms with E-state index in [0.29, 0.717) is 16.6 Å². The van der Waals surface area contributed by atoms with Crippen molar-refractivity contribution in [2.45, 2.75) is 6.42 Å². The first-order valence-corrected chi connectivity index (χ1v) is 7.36. The molecule has 0 atom stereocenters. The van der Waals surface area contributed by atoms with E-state index in [-0.39, 0.29) is 5.91 Å². The van der Waals surface area contributed by atoms with Crippen molar-refractivity contribution in [2.24, 2.45) is 0 Å². The number of rotatable bonds is 5. The predicted molar refractivity (Wildman–Crippen MR) is 88.7 cm³/mol. The van der Waals surface area contributed by atoms with Crippen LogP contribution in [-0.2, 0) is 11.2 Å². The molecular formula is C17H15Cl2NO. The van der Waals surface area contributed by atoms with E-state index in [1.165, 1.54) is 11.6 Å². The van der Waals surface area contributed by atoms with Gasteiger partial charge in [0.25, 0.3) is 0 Å². The first-order chi connectivity index (χ1) is 10.2. The Kier molecular flexibility index (Phi) is 5.85. The van der Waals surface area contributed by atoms with Gasteiger partial charge < -0.3 is 5.32 Å². The number of carbonyl (C=O) groups excluding carboxylic acids is 1. The fraction of sp³-hybridized carbons (Fsp3) is 0.118. The second-order valence-electron chi connectivity index (χ2n) is 4.50. The molecule has 0 aliphatic heterocycles. The number of nitrogens with one attached hydrogen (secondary N) is 1. The molecule has 2 nitrogen and oxygen atoms in total. The summed E-state index contributed by atoms with van der Waals surface area (Å²) in [5.74, 6) is -0.151. The fourth-order valence-electron chi connectivity index (χ4n) is 1.85. The molecule has 0 saturated carbocycles. The van der Waals surface area contributed by atoms with Gasteiger partial charge >= 0.3 is 0 Å². The third-order valence-corrected chi connectivity index (χ3v) is 3.78. The molecule has 2 aromatic rings. The summed E-state index contributed by atoms with van der Waals surface area (Å²) in [5.41, 5.74) is 1.92. The van der Waals surface area contributed by atoms with Gasteiger partial charge in [0.05, 0.1) is 10.0 Å². The topological polar surface area (TPSA) is 29.1 Å². The minimum Gasteiger partial charge on any atom is -0.352 e. The monoisotopic (exact) mass is 319 g/mol. The van der Waals surface area contributed by atoms with E-state index in [2.05, 4.69) is 5.32 Å². The van der Waals surface area contributed by atoms with E-state index in [4.69, 9.17) is 23.2 Å². The number of hydrogen-bond donors (Lipinski definition) is 1. The molecule has 2 rings (SSSR count). The second kappa shape index (κ2) is 7.87. The van der Waals surface area contributed by atoms with Crippen molar-refractivity contribution in [1.82, 2.24) is 5.32 Å². The Labute approximate surface area is 134 Å². The van der Waals surface area contributed by atoms with Crippen molar-refractivity contribution >= 4 is 35.2 Å². The summed E-state index contributed by atoms with van der Waals surface area (Å²) >= 11 is 12.0. The van der Waals surface area contributed by atoms with Crippen LogP contribution in [0.1, 0.15) is 11.1 Å². The normalized spacial score (nSPS) is 10.8. The highest BCUT2D eigenvalue weighted by atomic mass is 35.5. The molecule has 0 saturated heterocycles. The molecule has 0 unspecified atom stereocenters. The lowest BCUT2D eigenvalue weighted by molar-refractivity contribution is -0.116. The predicted octanol–water partition coefficient (Wildman–Crippen LogP) is 4.37. The van der Waals surface area contributed by atoms with Crippen LogP contribution in [0, 0.1) is 0 Å². The van der Waals surface area contributed by atoms with E-state index in [0.717, 1.165) is 12.0 Å². The van der Waals surface area contributed by atoms with E-state index >= 15 is 0 Å². The molecule has 108 valence electrons. The van der Waals surface area contributed by atoms with Crippen LogP contribution in [-0.4, -0.2) is 12.5 Å². The largest absolute Gasteiger partial charge is 0.352 e. The zero-order valence-corrected chi connectivity index (χ0v) is 12.9. The van der Waals surface area contributed by atoms with Crippen molar-refractivity contribution in [3.05, 3.63) is 75.8 Å². The standard InChI is InChI=1S/C17H15Cl2NO/c18-15-8-4-7-14(17(15)19)9-10-16(21)20-12-11-13-5-2-1-3-6-13/h1-10H,11-12H2,(H,20,21)/b10-9+. The molecule has 0 spiro atoms. The Morgan fingerprint density at radius 1 is 1.05 bits per heavy atom. The number of hydrogen-bond acceptors (Lipinski definition) is 1. The summed E-state index contributed by atoms with van der Waals surface area (Å²) in [4.78, 5) is 11.7. The van der Waals surface area contributed by atoms with Gasteiger partial charge in [-0.15, -0.1) is 0 Å². The van der Waals surface area contributed by atoms with E-state index in [9.17, 15) is 4.79 Å². The molecule has 1 amide bonds. The molecule has 0 radical (unpaired) electrons. The molecule has 0 bridgehead atoms. The van der Waals surface area contributed by atoms with Gasteiger partial charge in [-0.05, 0) is 29.7 Å². The van der Waals surface area contributed by atoms with Gasteiger partial charge in [-0.25, -0.2) is 0 Å². The van der Waals surface area contributed by atoms with Crippen LogP contribution in [0.3, 0.4) is 0 Å². The highest BCUT2D eigenvalue weighted by Gasteiger charge is 2.02. The molecular weight excluding hydrogens is 305 g/mol. The summed E-state index contributed by atoms with van der Waals surface area (Å²) < 4.78 is 0. The summed E-state index contributed by atoms with van der Waals surface area (Å²) in [6.07, 6.45) is 3.92. The number of amides is 1. The van der Waals surface area contributed by atoms with E-state index < -0.39 is 0 Å². The van der Waals surface area contributed by atoms with E-state index in [1.807, 2.05) is 36.4 Å². The van der Waals surface area contributed by atoms with Crippen LogP contribution in [0.4, 0.5) is 0 Å². The lowest BCUT2D eigenvalue weighted by Gasteiger charge is -2.03. The molecule has 0 aliphatic carbocycles. The van der Waals surface area contributed by atoms with Gasteiger partial charge in [0.15, 0.2) is 0 Å². The molecule has 2 aromatic carbocycles. The van der Waals surface area contributed by atoms with Crippen molar-refractivity contribution < 1.29 is 4.79 Å². The fourth-order valence-corrected chi connectivity index (χ4v) is 2.22. The van der Waals surface area contributed by atoms with Crippen molar-refractivity contribution in [1.29, 1.82) is 0 Å². The Morgan fingerprint density at radius 3 is 2.57 bits per heavy atom. The maximum atomic E-state index is 11.7. The average molecular weight is 320 g/mol. The number of halogens is 2. The zero-order valence-electron chi connectivity index (χ0n) is 11.4.